The van der Waals surface area contributed by atoms with Crippen LogP contribution >= 0.6 is 11.8 Å². The average molecular weight is 268 g/mol. The van der Waals surface area contributed by atoms with E-state index in [9.17, 15) is 4.79 Å². The van der Waals surface area contributed by atoms with Gasteiger partial charge in [-0.15, -0.1) is 0 Å². The number of methoxy groups -OCH3 is 1. The van der Waals surface area contributed by atoms with Gasteiger partial charge in [-0.2, -0.15) is 11.8 Å². The highest BCUT2D eigenvalue weighted by Crippen LogP contribution is 2.23. The first-order chi connectivity index (χ1) is 8.67. The smallest absolute Gasteiger partial charge is 0.328 e. The average Bonchev–Trinajstić information content (AvgIpc) is 2.37. The Morgan fingerprint density at radius 3 is 2.89 bits per heavy atom. The largest absolute Gasteiger partial charge is 0.496 e. The van der Waals surface area contributed by atoms with Gasteiger partial charge in [-0.3, -0.25) is 0 Å². The third kappa shape index (κ3) is 4.81. The Morgan fingerprint density at radius 1 is 1.50 bits per heavy atom. The molecule has 0 saturated heterocycles. The Labute approximate surface area is 110 Å². The number of carbonyl (C=O) groups is 1. The molecule has 0 radical (unpaired) electrons. The molecule has 0 aromatic heterocycles. The molecule has 0 atom stereocenters. The summed E-state index contributed by atoms with van der Waals surface area (Å²) < 4.78 is 5.17. The highest BCUT2D eigenvalue weighted by atomic mass is 32.2. The van der Waals surface area contributed by atoms with Crippen LogP contribution in [0.2, 0.25) is 0 Å². The van der Waals surface area contributed by atoms with Crippen LogP contribution in [0.3, 0.4) is 0 Å². The topological polar surface area (TPSA) is 66.8 Å². The number of thioether (sulfide) groups is 1. The summed E-state index contributed by atoms with van der Waals surface area (Å²) in [6.07, 6.45) is 2.60. The number of rotatable bonds is 7. The second-order valence-electron chi connectivity index (χ2n) is 3.52. The molecule has 0 aliphatic rings. The van der Waals surface area contributed by atoms with E-state index in [1.54, 1.807) is 18.9 Å². The molecule has 0 bridgehead atoms. The number of carboxylic acids is 1. The number of hydrogen-bond acceptors (Lipinski definition) is 4. The number of aliphatic hydroxyl groups excluding tert-OH is 1. The van der Waals surface area contributed by atoms with Crippen LogP contribution in [0.1, 0.15) is 11.1 Å². The molecular weight excluding hydrogens is 252 g/mol. The molecule has 0 amide bonds. The van der Waals surface area contributed by atoms with Crippen LogP contribution in [0.15, 0.2) is 24.3 Å². The molecule has 0 aliphatic carbocycles. The van der Waals surface area contributed by atoms with Crippen LogP contribution < -0.4 is 4.74 Å². The third-order valence-corrected chi connectivity index (χ3v) is 3.21. The molecule has 4 nitrogen and oxygen atoms in total. The van der Waals surface area contributed by atoms with Crippen LogP contribution in [-0.4, -0.2) is 35.7 Å². The predicted molar refractivity (Wildman–Crippen MR) is 72.9 cm³/mol. The van der Waals surface area contributed by atoms with E-state index in [0.717, 1.165) is 23.0 Å². The summed E-state index contributed by atoms with van der Waals surface area (Å²) in [7, 11) is 1.55. The molecule has 18 heavy (non-hydrogen) atoms. The third-order valence-electron chi connectivity index (χ3n) is 2.20. The summed E-state index contributed by atoms with van der Waals surface area (Å²) in [6, 6.07) is 5.64. The van der Waals surface area contributed by atoms with Crippen molar-refractivity contribution in [2.45, 2.75) is 5.75 Å². The van der Waals surface area contributed by atoms with Crippen LogP contribution in [0.25, 0.3) is 6.08 Å². The van der Waals surface area contributed by atoms with Gasteiger partial charge in [0.15, 0.2) is 0 Å². The fourth-order valence-electron chi connectivity index (χ4n) is 1.42. The van der Waals surface area contributed by atoms with E-state index < -0.39 is 5.97 Å². The summed E-state index contributed by atoms with van der Waals surface area (Å²) >= 11 is 1.62. The molecule has 0 saturated carbocycles. The first-order valence-corrected chi connectivity index (χ1v) is 6.59. The second kappa shape index (κ2) is 7.79. The van der Waals surface area contributed by atoms with Gasteiger partial charge in [0, 0.05) is 23.1 Å². The van der Waals surface area contributed by atoms with Crippen molar-refractivity contribution in [1.82, 2.24) is 0 Å². The van der Waals surface area contributed by atoms with Crippen LogP contribution in [0.5, 0.6) is 5.75 Å². The van der Waals surface area contributed by atoms with E-state index in [0.29, 0.717) is 11.5 Å². The van der Waals surface area contributed by atoms with E-state index in [4.69, 9.17) is 14.9 Å². The summed E-state index contributed by atoms with van der Waals surface area (Å²) in [5, 5.41) is 17.3. The van der Waals surface area contributed by atoms with Gasteiger partial charge in [-0.25, -0.2) is 4.79 Å². The van der Waals surface area contributed by atoms with E-state index >= 15 is 0 Å². The standard InChI is InChI=1S/C13H16O4S/c1-17-12-4-2-10(9-18-7-6-14)8-11(12)3-5-13(15)16/h2-5,8,14H,6-7,9H2,1H3,(H,15,16)/b5-3+. The number of aliphatic carboxylic acids is 1. The first kappa shape index (κ1) is 14.6. The van der Waals surface area contributed by atoms with Gasteiger partial charge in [-0.05, 0) is 23.8 Å². The quantitative estimate of drug-likeness (QED) is 0.585. The zero-order valence-corrected chi connectivity index (χ0v) is 10.9. The number of benzene rings is 1. The minimum atomic E-state index is -0.989. The number of ether oxygens (including phenoxy) is 1. The fourth-order valence-corrected chi connectivity index (χ4v) is 2.11. The Bertz CT molecular complexity index is 429. The minimum absolute atomic E-state index is 0.159. The van der Waals surface area contributed by atoms with E-state index in [1.165, 1.54) is 6.08 Å². The molecule has 2 N–H and O–H groups in total. The Kier molecular flexibility index (Phi) is 6.32. The summed E-state index contributed by atoms with van der Waals surface area (Å²) in [5.74, 6) is 1.12. The van der Waals surface area contributed by atoms with Crippen molar-refractivity contribution in [3.8, 4) is 5.75 Å². The maximum absolute atomic E-state index is 10.5. The lowest BCUT2D eigenvalue weighted by Gasteiger charge is -2.07. The van der Waals surface area contributed by atoms with Crippen molar-refractivity contribution in [1.29, 1.82) is 0 Å². The Morgan fingerprint density at radius 2 is 2.28 bits per heavy atom. The highest BCUT2D eigenvalue weighted by Gasteiger charge is 2.02. The van der Waals surface area contributed by atoms with Gasteiger partial charge in [-0.1, -0.05) is 6.07 Å². The van der Waals surface area contributed by atoms with Crippen molar-refractivity contribution in [3.05, 3.63) is 35.4 Å². The van der Waals surface area contributed by atoms with Gasteiger partial charge in [0.1, 0.15) is 5.75 Å². The summed E-state index contributed by atoms with van der Waals surface area (Å²) in [6.45, 7) is 0.159. The van der Waals surface area contributed by atoms with E-state index in [2.05, 4.69) is 0 Å². The van der Waals surface area contributed by atoms with Crippen LogP contribution in [0.4, 0.5) is 0 Å². The summed E-state index contributed by atoms with van der Waals surface area (Å²) in [5.41, 5.74) is 1.81. The van der Waals surface area contributed by atoms with Gasteiger partial charge in [0.25, 0.3) is 0 Å². The molecule has 1 rings (SSSR count). The van der Waals surface area contributed by atoms with Crippen molar-refractivity contribution < 1.29 is 19.7 Å². The van der Waals surface area contributed by atoms with Gasteiger partial charge >= 0.3 is 5.97 Å². The molecule has 0 fully saturated rings. The second-order valence-corrected chi connectivity index (χ2v) is 4.63. The molecule has 98 valence electrons. The Hall–Kier alpha value is -1.46. The lowest BCUT2D eigenvalue weighted by molar-refractivity contribution is -0.131. The number of hydrogen-bond donors (Lipinski definition) is 2. The molecule has 1 aromatic carbocycles. The maximum Gasteiger partial charge on any atom is 0.328 e. The normalized spacial score (nSPS) is 10.8. The van der Waals surface area contributed by atoms with Crippen molar-refractivity contribution in [2.75, 3.05) is 19.5 Å². The first-order valence-electron chi connectivity index (χ1n) is 5.44. The van der Waals surface area contributed by atoms with Gasteiger partial charge in [0.2, 0.25) is 0 Å². The van der Waals surface area contributed by atoms with E-state index in [-0.39, 0.29) is 6.61 Å². The highest BCUT2D eigenvalue weighted by molar-refractivity contribution is 7.98. The minimum Gasteiger partial charge on any atom is -0.496 e. The van der Waals surface area contributed by atoms with Crippen LogP contribution in [0, 0.1) is 0 Å². The van der Waals surface area contributed by atoms with Crippen LogP contribution in [-0.2, 0) is 10.5 Å². The van der Waals surface area contributed by atoms with Crippen molar-refractivity contribution >= 4 is 23.8 Å². The molecule has 0 spiro atoms. The zero-order chi connectivity index (χ0) is 13.4. The lowest BCUT2D eigenvalue weighted by atomic mass is 10.1. The zero-order valence-electron chi connectivity index (χ0n) is 10.1. The molecule has 0 aliphatic heterocycles. The van der Waals surface area contributed by atoms with Crippen molar-refractivity contribution in [3.63, 3.8) is 0 Å². The number of aliphatic hydroxyl groups is 1. The molecule has 0 unspecified atom stereocenters. The molecule has 1 aromatic rings. The fraction of sp³-hybridized carbons (Fsp3) is 0.308. The Balaban J connectivity index is 2.84. The predicted octanol–water partition coefficient (Wildman–Crippen LogP) is 2.02. The number of carboxylic acid groups (broad SMARTS) is 1. The lowest BCUT2D eigenvalue weighted by Crippen LogP contribution is -1.92. The van der Waals surface area contributed by atoms with Crippen molar-refractivity contribution in [2.24, 2.45) is 0 Å². The SMILES string of the molecule is COc1ccc(CSCCO)cc1/C=C/C(=O)O. The van der Waals surface area contributed by atoms with E-state index in [1.807, 2.05) is 18.2 Å². The molecule has 5 heteroatoms. The molecular formula is C13H16O4S. The monoisotopic (exact) mass is 268 g/mol. The van der Waals surface area contributed by atoms with Gasteiger partial charge in [0.05, 0.1) is 13.7 Å². The summed E-state index contributed by atoms with van der Waals surface area (Å²) in [4.78, 5) is 10.5. The molecule has 0 heterocycles. The van der Waals surface area contributed by atoms with Gasteiger partial charge < -0.3 is 14.9 Å². The maximum atomic E-state index is 10.5.